The fraction of sp³-hybridized carbons (Fsp3) is 0.700. The molecule has 3 heterocycles. The number of ether oxygens (including phenoxy) is 1. The number of pyridine rings is 1. The van der Waals surface area contributed by atoms with Gasteiger partial charge in [0.1, 0.15) is 5.54 Å². The van der Waals surface area contributed by atoms with Gasteiger partial charge in [-0.1, -0.05) is 13.8 Å². The Bertz CT molecular complexity index is 791. The summed E-state index contributed by atoms with van der Waals surface area (Å²) in [6, 6.07) is 5.29. The smallest absolute Gasteiger partial charge is 0.113 e. The van der Waals surface area contributed by atoms with E-state index in [2.05, 4.69) is 51.7 Å². The van der Waals surface area contributed by atoms with Gasteiger partial charge in [-0.2, -0.15) is 5.26 Å². The third-order valence-corrected chi connectivity index (χ3v) is 7.24. The molecule has 0 unspecified atom stereocenters. The third-order valence-electron chi connectivity index (χ3n) is 6.81. The van der Waals surface area contributed by atoms with Crippen LogP contribution in [0.25, 0.3) is 0 Å². The number of anilines is 1. The fourth-order valence-electron chi connectivity index (χ4n) is 5.09. The lowest BCUT2D eigenvalue weighted by molar-refractivity contribution is -0.0918. The van der Waals surface area contributed by atoms with Gasteiger partial charge in [-0.15, -0.1) is 0 Å². The van der Waals surface area contributed by atoms with Gasteiger partial charge in [0.25, 0.3) is 0 Å². The van der Waals surface area contributed by atoms with Crippen LogP contribution < -0.4 is 4.90 Å². The Morgan fingerprint density at radius 3 is 2.77 bits per heavy atom. The maximum absolute atomic E-state index is 10.0. The first kappa shape index (κ1) is 17.0. The molecule has 0 atom stereocenters. The quantitative estimate of drug-likeness (QED) is 0.740. The molecular weight excluding hydrogens is 392 g/mol. The van der Waals surface area contributed by atoms with Crippen LogP contribution in [0, 0.1) is 11.3 Å². The number of hydrogen-bond donors (Lipinski definition) is 0. The predicted octanol–water partition coefficient (Wildman–Crippen LogP) is 3.23. The average Bonchev–Trinajstić information content (AvgIpc) is 3.25. The standard InChI is InChI=1S/C20H25BrN4O/c1-18(2)12-25(16-7-14(21)10-23-17(16)18)15-8-19(9-15,11-22)24-5-6-26-20(13-24)3-4-20/h7,10,15H,3-6,8-9,12-13H2,1-2H3. The van der Waals surface area contributed by atoms with E-state index in [0.29, 0.717) is 6.04 Å². The van der Waals surface area contributed by atoms with Gasteiger partial charge in [-0.25, -0.2) is 0 Å². The Morgan fingerprint density at radius 2 is 2.08 bits per heavy atom. The SMILES string of the molecule is CC1(C)CN(C2CC(C#N)(N3CCOC4(CC4)C3)C2)c2cc(Br)cnc21. The van der Waals surface area contributed by atoms with Gasteiger partial charge < -0.3 is 9.64 Å². The minimum absolute atomic E-state index is 0.0535. The molecule has 26 heavy (non-hydrogen) atoms. The molecule has 1 aromatic heterocycles. The van der Waals surface area contributed by atoms with E-state index in [1.807, 2.05) is 6.20 Å². The molecule has 0 bridgehead atoms. The van der Waals surface area contributed by atoms with E-state index < -0.39 is 0 Å². The van der Waals surface area contributed by atoms with Crippen LogP contribution >= 0.6 is 15.9 Å². The highest BCUT2D eigenvalue weighted by Crippen LogP contribution is 2.51. The Kier molecular flexibility index (Phi) is 3.55. The van der Waals surface area contributed by atoms with Crippen molar-refractivity contribution in [1.82, 2.24) is 9.88 Å². The van der Waals surface area contributed by atoms with Crippen molar-refractivity contribution in [1.29, 1.82) is 5.26 Å². The lowest BCUT2D eigenvalue weighted by Gasteiger charge is -2.54. The van der Waals surface area contributed by atoms with Crippen LogP contribution in [-0.4, -0.2) is 53.3 Å². The largest absolute Gasteiger partial charge is 0.372 e. The summed E-state index contributed by atoms with van der Waals surface area (Å²) in [5, 5.41) is 10.0. The summed E-state index contributed by atoms with van der Waals surface area (Å²) in [6.45, 7) is 8.10. The molecule has 5 rings (SSSR count). The molecule has 2 saturated carbocycles. The van der Waals surface area contributed by atoms with Crippen molar-refractivity contribution in [3.05, 3.63) is 22.4 Å². The van der Waals surface area contributed by atoms with Gasteiger partial charge in [0.15, 0.2) is 0 Å². The molecule has 6 heteroatoms. The third kappa shape index (κ3) is 2.44. The summed E-state index contributed by atoms with van der Waals surface area (Å²) in [5.41, 5.74) is 2.23. The molecule has 0 N–H and O–H groups in total. The summed E-state index contributed by atoms with van der Waals surface area (Å²) in [5.74, 6) is 0. The molecule has 0 aromatic carbocycles. The van der Waals surface area contributed by atoms with Gasteiger partial charge in [-0.05, 0) is 47.7 Å². The van der Waals surface area contributed by atoms with Crippen LogP contribution in [0.4, 0.5) is 5.69 Å². The second kappa shape index (κ2) is 5.43. The molecule has 2 aliphatic carbocycles. The number of nitrogens with zero attached hydrogens (tertiary/aromatic N) is 4. The van der Waals surface area contributed by atoms with Crippen LogP contribution in [-0.2, 0) is 10.2 Å². The van der Waals surface area contributed by atoms with E-state index in [-0.39, 0.29) is 16.6 Å². The first-order valence-electron chi connectivity index (χ1n) is 9.60. The molecule has 1 spiro atoms. The molecular formula is C20H25BrN4O. The Labute approximate surface area is 163 Å². The Hall–Kier alpha value is -1.16. The Morgan fingerprint density at radius 1 is 1.31 bits per heavy atom. The van der Waals surface area contributed by atoms with E-state index in [1.54, 1.807) is 0 Å². The second-order valence-corrected chi connectivity index (χ2v) is 10.1. The number of nitriles is 1. The first-order chi connectivity index (χ1) is 12.4. The summed E-state index contributed by atoms with van der Waals surface area (Å²) in [4.78, 5) is 9.61. The molecule has 5 nitrogen and oxygen atoms in total. The maximum Gasteiger partial charge on any atom is 0.113 e. The van der Waals surface area contributed by atoms with Crippen molar-refractivity contribution in [3.8, 4) is 6.07 Å². The molecule has 2 aliphatic heterocycles. The van der Waals surface area contributed by atoms with Crippen LogP contribution in [0.15, 0.2) is 16.7 Å². The molecule has 1 saturated heterocycles. The zero-order valence-corrected chi connectivity index (χ0v) is 17.0. The van der Waals surface area contributed by atoms with Crippen LogP contribution in [0.1, 0.15) is 45.2 Å². The highest BCUT2D eigenvalue weighted by Gasteiger charge is 2.58. The molecule has 138 valence electrons. The van der Waals surface area contributed by atoms with Crippen LogP contribution in [0.3, 0.4) is 0 Å². The van der Waals surface area contributed by atoms with E-state index >= 15 is 0 Å². The van der Waals surface area contributed by atoms with E-state index in [1.165, 1.54) is 11.4 Å². The van der Waals surface area contributed by atoms with E-state index in [4.69, 9.17) is 9.72 Å². The molecule has 4 aliphatic rings. The minimum Gasteiger partial charge on any atom is -0.372 e. The average molecular weight is 417 g/mol. The fourth-order valence-corrected chi connectivity index (χ4v) is 5.41. The van der Waals surface area contributed by atoms with Gasteiger partial charge >= 0.3 is 0 Å². The zero-order chi connectivity index (χ0) is 18.2. The first-order valence-corrected chi connectivity index (χ1v) is 10.4. The monoisotopic (exact) mass is 416 g/mol. The number of rotatable bonds is 2. The van der Waals surface area contributed by atoms with Crippen molar-refractivity contribution in [2.45, 2.75) is 62.1 Å². The Balaban J connectivity index is 1.37. The normalized spacial score (nSPS) is 34.2. The zero-order valence-electron chi connectivity index (χ0n) is 15.5. The lowest BCUT2D eigenvalue weighted by atomic mass is 9.71. The summed E-state index contributed by atoms with van der Waals surface area (Å²) in [6.07, 6.45) is 6.04. The predicted molar refractivity (Wildman–Crippen MR) is 103 cm³/mol. The lowest BCUT2D eigenvalue weighted by Crippen LogP contribution is -2.66. The van der Waals surface area contributed by atoms with Gasteiger partial charge in [0.2, 0.25) is 0 Å². The van der Waals surface area contributed by atoms with Gasteiger partial charge in [0.05, 0.1) is 29.7 Å². The molecule has 0 radical (unpaired) electrons. The molecule has 1 aromatic rings. The summed E-state index contributed by atoms with van der Waals surface area (Å²) in [7, 11) is 0. The van der Waals surface area contributed by atoms with Crippen LogP contribution in [0.5, 0.6) is 0 Å². The highest BCUT2D eigenvalue weighted by molar-refractivity contribution is 9.10. The highest BCUT2D eigenvalue weighted by atomic mass is 79.9. The number of halogens is 1. The minimum atomic E-state index is -0.309. The van der Waals surface area contributed by atoms with E-state index in [0.717, 1.165) is 56.4 Å². The number of hydrogen-bond acceptors (Lipinski definition) is 5. The van der Waals surface area contributed by atoms with E-state index in [9.17, 15) is 5.26 Å². The molecule has 3 fully saturated rings. The van der Waals surface area contributed by atoms with Crippen molar-refractivity contribution in [2.75, 3.05) is 31.1 Å². The van der Waals surface area contributed by atoms with Gasteiger partial charge in [0, 0.05) is 41.8 Å². The second-order valence-electron chi connectivity index (χ2n) is 9.19. The molecule has 0 amide bonds. The van der Waals surface area contributed by atoms with Crippen LogP contribution in [0.2, 0.25) is 0 Å². The topological polar surface area (TPSA) is 52.4 Å². The van der Waals surface area contributed by atoms with Crippen molar-refractivity contribution in [2.24, 2.45) is 0 Å². The summed E-state index contributed by atoms with van der Waals surface area (Å²) < 4.78 is 6.98. The maximum atomic E-state index is 10.0. The van der Waals surface area contributed by atoms with Crippen molar-refractivity contribution < 1.29 is 4.74 Å². The van der Waals surface area contributed by atoms with Gasteiger partial charge in [-0.3, -0.25) is 9.88 Å². The number of aromatic nitrogens is 1. The summed E-state index contributed by atoms with van der Waals surface area (Å²) >= 11 is 3.57. The number of morpholine rings is 1. The van der Waals surface area contributed by atoms with Crippen molar-refractivity contribution >= 4 is 21.6 Å². The number of fused-ring (bicyclic) bond motifs is 1. The van der Waals surface area contributed by atoms with Crippen molar-refractivity contribution in [3.63, 3.8) is 0 Å².